The molecule has 1 aliphatic heterocycles. The van der Waals surface area contributed by atoms with Crippen molar-refractivity contribution in [1.29, 1.82) is 0 Å². The summed E-state index contributed by atoms with van der Waals surface area (Å²) in [6.07, 6.45) is -7.39. The SMILES string of the molecule is CC(=O)C(CC(C)C)c1cc(-c2ccc(C(F)(F)F)cc2)cc(C2CCCC(C(F)(F)F)N2)c1. The Labute approximate surface area is 195 Å². The highest BCUT2D eigenvalue weighted by Crippen LogP contribution is 2.38. The monoisotopic (exact) mass is 485 g/mol. The average molecular weight is 486 g/mol. The molecule has 34 heavy (non-hydrogen) atoms. The molecular weight excluding hydrogens is 456 g/mol. The summed E-state index contributed by atoms with van der Waals surface area (Å²) in [6, 6.07) is 7.74. The van der Waals surface area contributed by atoms with Crippen molar-refractivity contribution in [2.24, 2.45) is 5.92 Å². The number of hydrogen-bond acceptors (Lipinski definition) is 2. The molecule has 0 amide bonds. The first-order chi connectivity index (χ1) is 15.8. The highest BCUT2D eigenvalue weighted by atomic mass is 19.4. The number of hydrogen-bond donors (Lipinski definition) is 1. The number of Topliss-reactive ketones (excluding diaryl/α,β-unsaturated/α-hetero) is 1. The summed E-state index contributed by atoms with van der Waals surface area (Å²) in [5, 5.41) is 2.69. The molecule has 2 nitrogen and oxygen atoms in total. The van der Waals surface area contributed by atoms with Gasteiger partial charge in [-0.15, -0.1) is 0 Å². The van der Waals surface area contributed by atoms with Crippen LogP contribution in [0, 0.1) is 5.92 Å². The van der Waals surface area contributed by atoms with Crippen molar-refractivity contribution in [3.8, 4) is 11.1 Å². The van der Waals surface area contributed by atoms with Crippen molar-refractivity contribution in [2.75, 3.05) is 0 Å². The molecule has 0 aliphatic carbocycles. The molecule has 2 aromatic rings. The first kappa shape index (κ1) is 26.3. The second-order valence-electron chi connectivity index (χ2n) is 9.50. The maximum absolute atomic E-state index is 13.4. The first-order valence-electron chi connectivity index (χ1n) is 11.4. The zero-order valence-electron chi connectivity index (χ0n) is 19.4. The van der Waals surface area contributed by atoms with E-state index in [2.05, 4.69) is 5.32 Å². The van der Waals surface area contributed by atoms with Gasteiger partial charge in [-0.25, -0.2) is 0 Å². The van der Waals surface area contributed by atoms with Crippen LogP contribution < -0.4 is 5.32 Å². The van der Waals surface area contributed by atoms with Gasteiger partial charge in [0.2, 0.25) is 0 Å². The van der Waals surface area contributed by atoms with Crippen molar-refractivity contribution in [3.05, 3.63) is 59.2 Å². The summed E-state index contributed by atoms with van der Waals surface area (Å²) in [6.45, 7) is 5.44. The Balaban J connectivity index is 2.07. The number of benzene rings is 2. The standard InChI is InChI=1S/C26H29F6NO/c1-15(2)11-22(16(3)34)19-12-18(17-7-9-21(10-8-17)25(27,28)29)13-20(14-19)23-5-4-6-24(33-23)26(30,31)32/h7-10,12-15,22-24,33H,4-6,11H2,1-3H3. The number of halogens is 6. The summed E-state index contributed by atoms with van der Waals surface area (Å²) in [7, 11) is 0. The predicted octanol–water partition coefficient (Wildman–Crippen LogP) is 7.84. The fourth-order valence-corrected chi connectivity index (χ4v) is 4.56. The van der Waals surface area contributed by atoms with Crippen LogP contribution in [0.2, 0.25) is 0 Å². The number of alkyl halides is 6. The van der Waals surface area contributed by atoms with Crippen molar-refractivity contribution in [2.45, 2.75) is 76.8 Å². The molecule has 0 aromatic heterocycles. The summed E-state index contributed by atoms with van der Waals surface area (Å²) in [4.78, 5) is 12.5. The van der Waals surface area contributed by atoms with Gasteiger partial charge < -0.3 is 0 Å². The molecule has 1 fully saturated rings. The Morgan fingerprint density at radius 3 is 2.15 bits per heavy atom. The highest BCUT2D eigenvalue weighted by molar-refractivity contribution is 5.84. The van der Waals surface area contributed by atoms with Crippen molar-refractivity contribution >= 4 is 5.78 Å². The minimum atomic E-state index is -4.47. The van der Waals surface area contributed by atoms with E-state index >= 15 is 0 Å². The minimum absolute atomic E-state index is 0.00509. The summed E-state index contributed by atoms with van der Waals surface area (Å²) in [5.74, 6) is -0.307. The van der Waals surface area contributed by atoms with Crippen molar-refractivity contribution in [3.63, 3.8) is 0 Å². The molecule has 8 heteroatoms. The number of ketones is 1. The topological polar surface area (TPSA) is 29.1 Å². The van der Waals surface area contributed by atoms with Gasteiger partial charge in [0.15, 0.2) is 0 Å². The van der Waals surface area contributed by atoms with E-state index in [4.69, 9.17) is 0 Å². The molecule has 3 unspecified atom stereocenters. The number of nitrogens with one attached hydrogen (secondary N) is 1. The fourth-order valence-electron chi connectivity index (χ4n) is 4.56. The summed E-state index contributed by atoms with van der Waals surface area (Å²) in [5.41, 5.74) is 1.58. The van der Waals surface area contributed by atoms with E-state index in [-0.39, 0.29) is 18.1 Å². The zero-order chi connectivity index (χ0) is 25.3. The summed E-state index contributed by atoms with van der Waals surface area (Å²) < 4.78 is 79.1. The van der Waals surface area contributed by atoms with E-state index in [0.717, 1.165) is 12.1 Å². The van der Waals surface area contributed by atoms with Gasteiger partial charge in [0.1, 0.15) is 11.8 Å². The third kappa shape index (κ3) is 6.40. The van der Waals surface area contributed by atoms with Crippen LogP contribution in [0.3, 0.4) is 0 Å². The van der Waals surface area contributed by atoms with Gasteiger partial charge in [0, 0.05) is 12.0 Å². The second-order valence-corrected chi connectivity index (χ2v) is 9.50. The maximum atomic E-state index is 13.4. The minimum Gasteiger partial charge on any atom is -0.299 e. The number of carbonyl (C=O) groups is 1. The lowest BCUT2D eigenvalue weighted by Crippen LogP contribution is -2.46. The molecular formula is C26H29F6NO. The number of rotatable bonds is 6. The van der Waals surface area contributed by atoms with Gasteiger partial charge in [-0.1, -0.05) is 38.1 Å². The van der Waals surface area contributed by atoms with Crippen molar-refractivity contribution in [1.82, 2.24) is 5.32 Å². The predicted molar refractivity (Wildman–Crippen MR) is 119 cm³/mol. The van der Waals surface area contributed by atoms with Crippen LogP contribution >= 0.6 is 0 Å². The van der Waals surface area contributed by atoms with Gasteiger partial charge in [0.05, 0.1) is 5.56 Å². The third-order valence-electron chi connectivity index (χ3n) is 6.31. The zero-order valence-corrected chi connectivity index (χ0v) is 19.4. The van der Waals surface area contributed by atoms with E-state index in [1.54, 1.807) is 18.2 Å². The van der Waals surface area contributed by atoms with Crippen LogP contribution in [0.1, 0.15) is 75.1 Å². The first-order valence-corrected chi connectivity index (χ1v) is 11.4. The van der Waals surface area contributed by atoms with Gasteiger partial charge in [-0.05, 0) is 79.0 Å². The van der Waals surface area contributed by atoms with E-state index in [0.29, 0.717) is 41.5 Å². The molecule has 0 saturated carbocycles. The van der Waals surface area contributed by atoms with E-state index in [9.17, 15) is 31.1 Å². The van der Waals surface area contributed by atoms with Crippen LogP contribution in [0.25, 0.3) is 11.1 Å². The molecule has 1 heterocycles. The Kier molecular flexibility index (Phi) is 7.80. The normalized spacial score (nSPS) is 20.4. The van der Waals surface area contributed by atoms with E-state index < -0.39 is 35.9 Å². The third-order valence-corrected chi connectivity index (χ3v) is 6.31. The molecule has 1 saturated heterocycles. The average Bonchev–Trinajstić information content (AvgIpc) is 2.76. The second kappa shape index (κ2) is 10.1. The molecule has 3 atom stereocenters. The molecule has 0 spiro atoms. The quantitative estimate of drug-likeness (QED) is 0.423. The molecule has 2 aromatic carbocycles. The van der Waals surface area contributed by atoms with Gasteiger partial charge in [-0.2, -0.15) is 26.3 Å². The lowest BCUT2D eigenvalue weighted by atomic mass is 9.83. The van der Waals surface area contributed by atoms with Crippen LogP contribution in [0.15, 0.2) is 42.5 Å². The number of piperidine rings is 1. The van der Waals surface area contributed by atoms with E-state index in [1.807, 2.05) is 13.8 Å². The van der Waals surface area contributed by atoms with Crippen LogP contribution in [0.4, 0.5) is 26.3 Å². The van der Waals surface area contributed by atoms with Crippen molar-refractivity contribution < 1.29 is 31.1 Å². The lowest BCUT2D eigenvalue weighted by Gasteiger charge is -2.33. The molecule has 1 N–H and O–H groups in total. The van der Waals surface area contributed by atoms with E-state index in [1.165, 1.54) is 19.1 Å². The lowest BCUT2D eigenvalue weighted by molar-refractivity contribution is -0.163. The highest BCUT2D eigenvalue weighted by Gasteiger charge is 2.42. The van der Waals surface area contributed by atoms with Gasteiger partial charge in [0.25, 0.3) is 0 Å². The van der Waals surface area contributed by atoms with Crippen LogP contribution in [-0.2, 0) is 11.0 Å². The largest absolute Gasteiger partial charge is 0.416 e. The Morgan fingerprint density at radius 1 is 0.971 bits per heavy atom. The molecule has 1 aliphatic rings. The molecule has 0 bridgehead atoms. The Hall–Kier alpha value is -2.35. The summed E-state index contributed by atoms with van der Waals surface area (Å²) >= 11 is 0. The maximum Gasteiger partial charge on any atom is 0.416 e. The smallest absolute Gasteiger partial charge is 0.299 e. The molecule has 0 radical (unpaired) electrons. The van der Waals surface area contributed by atoms with Crippen LogP contribution in [0.5, 0.6) is 0 Å². The Morgan fingerprint density at radius 2 is 1.62 bits per heavy atom. The van der Waals surface area contributed by atoms with Crippen LogP contribution in [-0.4, -0.2) is 18.0 Å². The fraction of sp³-hybridized carbons (Fsp3) is 0.500. The molecule has 186 valence electrons. The van der Waals surface area contributed by atoms with Gasteiger partial charge >= 0.3 is 12.4 Å². The van der Waals surface area contributed by atoms with Gasteiger partial charge in [-0.3, -0.25) is 10.1 Å². The molecule has 3 rings (SSSR count). The number of carbonyl (C=O) groups excluding carboxylic acids is 1. The Bertz CT molecular complexity index is 994.